The van der Waals surface area contributed by atoms with E-state index < -0.39 is 0 Å². The van der Waals surface area contributed by atoms with E-state index in [9.17, 15) is 0 Å². The Morgan fingerprint density at radius 2 is 2.00 bits per heavy atom. The molecule has 0 saturated heterocycles. The average Bonchev–Trinajstić information content (AvgIpc) is 2.93. The van der Waals surface area contributed by atoms with Crippen LogP contribution in [0.3, 0.4) is 0 Å². The summed E-state index contributed by atoms with van der Waals surface area (Å²) in [6, 6.07) is 4.68. The summed E-state index contributed by atoms with van der Waals surface area (Å²) in [4.78, 5) is 4.80. The highest BCUT2D eigenvalue weighted by atomic mass is 79.9. The van der Waals surface area contributed by atoms with Gasteiger partial charge in [-0.15, -0.1) is 22.7 Å². The zero-order valence-electron chi connectivity index (χ0n) is 9.83. The van der Waals surface area contributed by atoms with Crippen molar-refractivity contribution in [2.75, 3.05) is 5.75 Å². The summed E-state index contributed by atoms with van der Waals surface area (Å²) in [5.41, 5.74) is 2.89. The van der Waals surface area contributed by atoms with E-state index in [2.05, 4.69) is 62.7 Å². The number of hydrogen-bond acceptors (Lipinski definition) is 3. The lowest BCUT2D eigenvalue weighted by Crippen LogP contribution is -1.96. The van der Waals surface area contributed by atoms with Crippen molar-refractivity contribution in [2.24, 2.45) is 0 Å². The number of halogens is 2. The minimum Gasteiger partial charge on any atom is -0.157 e. The van der Waals surface area contributed by atoms with Crippen molar-refractivity contribution >= 4 is 66.3 Å². The van der Waals surface area contributed by atoms with Crippen molar-refractivity contribution in [1.29, 1.82) is 0 Å². The minimum absolute atomic E-state index is 0.355. The third kappa shape index (κ3) is 2.62. The largest absolute Gasteiger partial charge is 0.157 e. The van der Waals surface area contributed by atoms with Gasteiger partial charge in [0.2, 0.25) is 0 Å². The van der Waals surface area contributed by atoms with Gasteiger partial charge >= 0.3 is 0 Å². The van der Waals surface area contributed by atoms with E-state index in [1.165, 1.54) is 37.0 Å². The number of hydrogen-bond donors (Lipinski definition) is 0. The average molecular weight is 424 g/mol. The lowest BCUT2D eigenvalue weighted by Gasteiger charge is -2.08. The number of fused-ring (bicyclic) bond motifs is 1. The van der Waals surface area contributed by atoms with Crippen LogP contribution in [0.2, 0.25) is 0 Å². The molecule has 0 bridgehead atoms. The molecule has 1 aliphatic heterocycles. The van der Waals surface area contributed by atoms with Crippen molar-refractivity contribution in [3.63, 3.8) is 0 Å². The Morgan fingerprint density at radius 1 is 1.22 bits per heavy atom. The molecule has 0 radical (unpaired) electrons. The van der Waals surface area contributed by atoms with Crippen LogP contribution in [-0.2, 0) is 12.2 Å². The molecule has 2 aromatic rings. The first-order valence-corrected chi connectivity index (χ1v) is 10.2. The van der Waals surface area contributed by atoms with Crippen LogP contribution in [0.25, 0.3) is 0 Å². The van der Waals surface area contributed by atoms with Gasteiger partial charge in [0, 0.05) is 20.4 Å². The first-order valence-electron chi connectivity index (χ1n) is 5.74. The zero-order chi connectivity index (χ0) is 12.7. The highest BCUT2D eigenvalue weighted by Gasteiger charge is 2.20. The van der Waals surface area contributed by atoms with Gasteiger partial charge in [-0.2, -0.15) is 11.8 Å². The molecule has 0 amide bonds. The van der Waals surface area contributed by atoms with E-state index in [1.807, 2.05) is 22.7 Å². The number of thiophene rings is 2. The second-order valence-electron chi connectivity index (χ2n) is 4.37. The van der Waals surface area contributed by atoms with Crippen LogP contribution in [0.5, 0.6) is 0 Å². The Kier molecular flexibility index (Phi) is 4.26. The quantitative estimate of drug-likeness (QED) is 0.521. The smallest absolute Gasteiger partial charge is 0.0831 e. The Morgan fingerprint density at radius 3 is 2.67 bits per heavy atom. The molecular formula is C13H12Br2S3. The standard InChI is InChI=1S/C13H12Br2S3/c1-7-4-10(18-13(7)15)12(14)11-5-8-6-16-3-2-9(8)17-11/h4-5,12H,2-3,6H2,1H3. The molecule has 0 aliphatic carbocycles. The Balaban J connectivity index is 1.92. The van der Waals surface area contributed by atoms with Gasteiger partial charge in [-0.05, 0) is 58.3 Å². The summed E-state index contributed by atoms with van der Waals surface area (Å²) >= 11 is 13.3. The molecule has 1 aliphatic rings. The molecule has 0 N–H and O–H groups in total. The predicted molar refractivity (Wildman–Crippen MR) is 91.7 cm³/mol. The van der Waals surface area contributed by atoms with Gasteiger partial charge in [0.25, 0.3) is 0 Å². The van der Waals surface area contributed by atoms with Crippen molar-refractivity contribution < 1.29 is 0 Å². The maximum absolute atomic E-state index is 3.86. The van der Waals surface area contributed by atoms with Gasteiger partial charge in [-0.3, -0.25) is 0 Å². The lowest BCUT2D eigenvalue weighted by atomic mass is 10.2. The molecule has 0 nitrogen and oxygen atoms in total. The number of rotatable bonds is 2. The molecule has 0 saturated carbocycles. The summed E-state index contributed by atoms with van der Waals surface area (Å²) in [6.07, 6.45) is 1.25. The molecule has 0 fully saturated rings. The summed E-state index contributed by atoms with van der Waals surface area (Å²) in [6.45, 7) is 2.15. The molecule has 2 aromatic heterocycles. The minimum atomic E-state index is 0.355. The van der Waals surface area contributed by atoms with E-state index in [0.717, 1.165) is 0 Å². The lowest BCUT2D eigenvalue weighted by molar-refractivity contribution is 1.13. The van der Waals surface area contributed by atoms with Crippen LogP contribution < -0.4 is 0 Å². The second kappa shape index (κ2) is 5.60. The van der Waals surface area contributed by atoms with Crippen LogP contribution in [0.1, 0.15) is 30.6 Å². The van der Waals surface area contributed by atoms with E-state index in [4.69, 9.17) is 0 Å². The molecule has 5 heteroatoms. The fraction of sp³-hybridized carbons (Fsp3) is 0.385. The van der Waals surface area contributed by atoms with E-state index >= 15 is 0 Å². The highest BCUT2D eigenvalue weighted by Crippen LogP contribution is 2.43. The summed E-state index contributed by atoms with van der Waals surface area (Å²) < 4.78 is 1.25. The van der Waals surface area contributed by atoms with Crippen LogP contribution in [0.4, 0.5) is 0 Å². The fourth-order valence-electron chi connectivity index (χ4n) is 2.04. The second-order valence-corrected chi connectivity index (χ2v) is 9.96. The molecular weight excluding hydrogens is 412 g/mol. The number of aryl methyl sites for hydroxylation is 2. The number of alkyl halides is 1. The van der Waals surface area contributed by atoms with Crippen LogP contribution in [0.15, 0.2) is 15.9 Å². The van der Waals surface area contributed by atoms with Crippen molar-refractivity contribution in [3.8, 4) is 0 Å². The van der Waals surface area contributed by atoms with Crippen LogP contribution in [-0.4, -0.2) is 5.75 Å². The first kappa shape index (κ1) is 13.7. The monoisotopic (exact) mass is 422 g/mol. The van der Waals surface area contributed by atoms with E-state index in [1.54, 1.807) is 10.4 Å². The summed E-state index contributed by atoms with van der Waals surface area (Å²) in [5, 5.41) is 0. The van der Waals surface area contributed by atoms with E-state index in [0.29, 0.717) is 4.83 Å². The highest BCUT2D eigenvalue weighted by molar-refractivity contribution is 9.11. The molecule has 3 heterocycles. The molecule has 0 spiro atoms. The number of thioether (sulfide) groups is 1. The maximum atomic E-state index is 3.86. The fourth-order valence-corrected chi connectivity index (χ4v) is 6.88. The third-order valence-corrected chi connectivity index (χ3v) is 9.13. The van der Waals surface area contributed by atoms with Crippen LogP contribution >= 0.6 is 66.3 Å². The summed E-state index contributed by atoms with van der Waals surface area (Å²) in [5.74, 6) is 2.47. The molecule has 96 valence electrons. The van der Waals surface area contributed by atoms with Crippen molar-refractivity contribution in [2.45, 2.75) is 23.9 Å². The SMILES string of the molecule is Cc1cc(C(Br)c2cc3c(s2)CCSC3)sc1Br. The van der Waals surface area contributed by atoms with E-state index in [-0.39, 0.29) is 0 Å². The van der Waals surface area contributed by atoms with Crippen molar-refractivity contribution in [1.82, 2.24) is 0 Å². The van der Waals surface area contributed by atoms with Crippen LogP contribution in [0, 0.1) is 6.92 Å². The molecule has 0 aromatic carbocycles. The zero-order valence-corrected chi connectivity index (χ0v) is 15.5. The van der Waals surface area contributed by atoms with Gasteiger partial charge in [0.05, 0.1) is 8.61 Å². The molecule has 18 heavy (non-hydrogen) atoms. The van der Waals surface area contributed by atoms with Crippen molar-refractivity contribution in [3.05, 3.63) is 41.7 Å². The Labute approximate surface area is 136 Å². The molecule has 1 atom stereocenters. The third-order valence-electron chi connectivity index (χ3n) is 3.02. The Bertz CT molecular complexity index is 528. The first-order chi connectivity index (χ1) is 8.65. The molecule has 1 unspecified atom stereocenters. The van der Waals surface area contributed by atoms with Gasteiger partial charge < -0.3 is 0 Å². The maximum Gasteiger partial charge on any atom is 0.0831 e. The van der Waals surface area contributed by atoms with Gasteiger partial charge in [0.15, 0.2) is 0 Å². The summed E-state index contributed by atoms with van der Waals surface area (Å²) in [7, 11) is 0. The topological polar surface area (TPSA) is 0 Å². The predicted octanol–water partition coefficient (Wildman–Crippen LogP) is 6.15. The van der Waals surface area contributed by atoms with Gasteiger partial charge in [-0.25, -0.2) is 0 Å². The molecule has 3 rings (SSSR count). The normalized spacial score (nSPS) is 16.6. The Hall–Kier alpha value is 0.710. The van der Waals surface area contributed by atoms with Gasteiger partial charge in [-0.1, -0.05) is 15.9 Å². The van der Waals surface area contributed by atoms with Gasteiger partial charge in [0.1, 0.15) is 0 Å².